The second kappa shape index (κ2) is 5.91. The molecule has 1 unspecified atom stereocenters. The minimum atomic E-state index is -0.357. The Hall–Kier alpha value is -2.57. The smallest absolute Gasteiger partial charge is 0.324 e. The summed E-state index contributed by atoms with van der Waals surface area (Å²) in [6.45, 7) is 0.991. The van der Waals surface area contributed by atoms with Crippen LogP contribution in [0, 0.1) is 0 Å². The lowest BCUT2D eigenvalue weighted by Gasteiger charge is -2.22. The maximum atomic E-state index is 12.6. The molecule has 0 spiro atoms. The van der Waals surface area contributed by atoms with Crippen LogP contribution in [0.1, 0.15) is 16.8 Å². The molecule has 1 N–H and O–H groups in total. The molecule has 4 amide bonds. The maximum Gasteiger partial charge on any atom is 0.324 e. The number of nitrogens with zero attached hydrogens (tertiary/aromatic N) is 3. The third-order valence-corrected chi connectivity index (χ3v) is 4.30. The molecule has 0 saturated carbocycles. The van der Waals surface area contributed by atoms with Crippen LogP contribution in [0.5, 0.6) is 0 Å². The number of urea groups is 1. The first-order valence-corrected chi connectivity index (χ1v) is 7.64. The van der Waals surface area contributed by atoms with Gasteiger partial charge in [0.05, 0.1) is 12.6 Å². The summed E-state index contributed by atoms with van der Waals surface area (Å²) in [5.41, 5.74) is 1.58. The SMILES string of the molecule is CN(C)c1cccc(C(=O)N2CCC(N3C(=O)CNC3=O)C2)c1. The third-order valence-electron chi connectivity index (χ3n) is 4.30. The zero-order chi connectivity index (χ0) is 16.6. The van der Waals surface area contributed by atoms with E-state index in [-0.39, 0.29) is 30.4 Å². The molecular weight excluding hydrogens is 296 g/mol. The first-order chi connectivity index (χ1) is 11.0. The number of hydrogen-bond donors (Lipinski definition) is 1. The number of anilines is 1. The lowest BCUT2D eigenvalue weighted by Crippen LogP contribution is -2.42. The van der Waals surface area contributed by atoms with Gasteiger partial charge in [0.2, 0.25) is 5.91 Å². The lowest BCUT2D eigenvalue weighted by molar-refractivity contribution is -0.126. The molecule has 2 aliphatic rings. The van der Waals surface area contributed by atoms with Gasteiger partial charge in [0.25, 0.3) is 5.91 Å². The molecule has 3 rings (SSSR count). The van der Waals surface area contributed by atoms with Crippen LogP contribution in [0.4, 0.5) is 10.5 Å². The zero-order valence-electron chi connectivity index (χ0n) is 13.3. The van der Waals surface area contributed by atoms with Crippen molar-refractivity contribution < 1.29 is 14.4 Å². The molecule has 0 bridgehead atoms. The molecule has 7 heteroatoms. The van der Waals surface area contributed by atoms with Crippen molar-refractivity contribution in [2.24, 2.45) is 0 Å². The van der Waals surface area contributed by atoms with Gasteiger partial charge < -0.3 is 15.1 Å². The van der Waals surface area contributed by atoms with E-state index in [0.29, 0.717) is 25.1 Å². The van der Waals surface area contributed by atoms with Crippen molar-refractivity contribution in [1.82, 2.24) is 15.1 Å². The number of benzene rings is 1. The monoisotopic (exact) mass is 316 g/mol. The average Bonchev–Trinajstić information content (AvgIpc) is 3.13. The molecule has 122 valence electrons. The Bertz CT molecular complexity index is 642. The fourth-order valence-corrected chi connectivity index (χ4v) is 3.04. The Balaban J connectivity index is 1.71. The summed E-state index contributed by atoms with van der Waals surface area (Å²) in [4.78, 5) is 41.0. The average molecular weight is 316 g/mol. The highest BCUT2D eigenvalue weighted by atomic mass is 16.2. The van der Waals surface area contributed by atoms with E-state index in [2.05, 4.69) is 5.32 Å². The van der Waals surface area contributed by atoms with E-state index < -0.39 is 0 Å². The van der Waals surface area contributed by atoms with E-state index in [0.717, 1.165) is 5.69 Å². The van der Waals surface area contributed by atoms with Gasteiger partial charge in [-0.05, 0) is 24.6 Å². The summed E-state index contributed by atoms with van der Waals surface area (Å²) in [6, 6.07) is 6.85. The third kappa shape index (κ3) is 2.86. The summed E-state index contributed by atoms with van der Waals surface area (Å²) < 4.78 is 0. The highest BCUT2D eigenvalue weighted by Crippen LogP contribution is 2.21. The van der Waals surface area contributed by atoms with Crippen LogP contribution in [0.15, 0.2) is 24.3 Å². The Morgan fingerprint density at radius 2 is 2.09 bits per heavy atom. The van der Waals surface area contributed by atoms with Crippen LogP contribution in [0.2, 0.25) is 0 Å². The number of hydrogen-bond acceptors (Lipinski definition) is 4. The molecule has 2 saturated heterocycles. The summed E-state index contributed by atoms with van der Waals surface area (Å²) in [6.07, 6.45) is 0.623. The zero-order valence-corrected chi connectivity index (χ0v) is 13.3. The van der Waals surface area contributed by atoms with Gasteiger partial charge in [-0.3, -0.25) is 14.5 Å². The van der Waals surface area contributed by atoms with Gasteiger partial charge in [0.1, 0.15) is 0 Å². The second-order valence-electron chi connectivity index (χ2n) is 6.06. The number of rotatable bonds is 3. The van der Waals surface area contributed by atoms with Gasteiger partial charge in [-0.15, -0.1) is 0 Å². The van der Waals surface area contributed by atoms with Gasteiger partial charge >= 0.3 is 6.03 Å². The molecular formula is C16H20N4O3. The quantitative estimate of drug-likeness (QED) is 0.825. The summed E-state index contributed by atoms with van der Waals surface area (Å²) >= 11 is 0. The van der Waals surface area contributed by atoms with E-state index in [1.54, 1.807) is 11.0 Å². The summed E-state index contributed by atoms with van der Waals surface area (Å²) in [5.74, 6) is -0.285. The van der Waals surface area contributed by atoms with Crippen LogP contribution < -0.4 is 10.2 Å². The highest BCUT2D eigenvalue weighted by Gasteiger charge is 2.39. The van der Waals surface area contributed by atoms with Crippen molar-refractivity contribution in [2.75, 3.05) is 38.6 Å². The topological polar surface area (TPSA) is 73.0 Å². The van der Waals surface area contributed by atoms with Crippen molar-refractivity contribution in [2.45, 2.75) is 12.5 Å². The Morgan fingerprint density at radius 3 is 2.74 bits per heavy atom. The van der Waals surface area contributed by atoms with Crippen LogP contribution in [0.25, 0.3) is 0 Å². The molecule has 2 fully saturated rings. The summed E-state index contributed by atoms with van der Waals surface area (Å²) in [7, 11) is 3.85. The number of imide groups is 1. The molecule has 23 heavy (non-hydrogen) atoms. The van der Waals surface area contributed by atoms with Gasteiger partial charge in [-0.1, -0.05) is 6.07 Å². The number of carbonyl (C=O) groups is 3. The van der Waals surface area contributed by atoms with E-state index in [1.165, 1.54) is 4.90 Å². The molecule has 1 atom stereocenters. The predicted molar refractivity (Wildman–Crippen MR) is 85.3 cm³/mol. The van der Waals surface area contributed by atoms with Crippen molar-refractivity contribution in [3.63, 3.8) is 0 Å². The Labute approximate surface area is 134 Å². The molecule has 1 aromatic carbocycles. The highest BCUT2D eigenvalue weighted by molar-refractivity contribution is 6.02. The number of likely N-dealkylation sites (tertiary alicyclic amines) is 1. The fraction of sp³-hybridized carbons (Fsp3) is 0.438. The number of amides is 4. The largest absolute Gasteiger partial charge is 0.378 e. The van der Waals surface area contributed by atoms with Crippen LogP contribution in [-0.2, 0) is 4.79 Å². The van der Waals surface area contributed by atoms with E-state index in [1.807, 2.05) is 37.2 Å². The van der Waals surface area contributed by atoms with Gasteiger partial charge in [-0.25, -0.2) is 4.79 Å². The lowest BCUT2D eigenvalue weighted by atomic mass is 10.1. The number of carbonyl (C=O) groups excluding carboxylic acids is 3. The minimum Gasteiger partial charge on any atom is -0.378 e. The van der Waals surface area contributed by atoms with E-state index >= 15 is 0 Å². The first kappa shape index (κ1) is 15.3. The van der Waals surface area contributed by atoms with Crippen molar-refractivity contribution in [3.05, 3.63) is 29.8 Å². The molecule has 7 nitrogen and oxygen atoms in total. The van der Waals surface area contributed by atoms with Crippen molar-refractivity contribution >= 4 is 23.5 Å². The van der Waals surface area contributed by atoms with Gasteiger partial charge in [-0.2, -0.15) is 0 Å². The van der Waals surface area contributed by atoms with Crippen LogP contribution in [0.3, 0.4) is 0 Å². The minimum absolute atomic E-state index is 0.0498. The van der Waals surface area contributed by atoms with E-state index in [9.17, 15) is 14.4 Å². The Kier molecular flexibility index (Phi) is 3.94. The van der Waals surface area contributed by atoms with Crippen molar-refractivity contribution in [3.8, 4) is 0 Å². The second-order valence-corrected chi connectivity index (χ2v) is 6.06. The normalized spacial score (nSPS) is 20.9. The molecule has 1 aromatic rings. The van der Waals surface area contributed by atoms with Gasteiger partial charge in [0, 0.05) is 38.4 Å². The maximum absolute atomic E-state index is 12.6. The molecule has 0 aliphatic carbocycles. The molecule has 2 aliphatic heterocycles. The van der Waals surface area contributed by atoms with Gasteiger partial charge in [0.15, 0.2) is 0 Å². The molecule has 0 aromatic heterocycles. The summed E-state index contributed by atoms with van der Waals surface area (Å²) in [5, 5.41) is 2.52. The standard InChI is InChI=1S/C16H20N4O3/c1-18(2)12-5-3-4-11(8-12)15(22)19-7-6-13(10-19)20-14(21)9-17-16(20)23/h3-5,8,13H,6-7,9-10H2,1-2H3,(H,17,23). The Morgan fingerprint density at radius 1 is 1.30 bits per heavy atom. The van der Waals surface area contributed by atoms with Crippen LogP contribution in [-0.4, -0.2) is 67.4 Å². The molecule has 2 heterocycles. The fourth-order valence-electron chi connectivity index (χ4n) is 3.04. The first-order valence-electron chi connectivity index (χ1n) is 7.64. The van der Waals surface area contributed by atoms with Crippen LogP contribution >= 0.6 is 0 Å². The molecule has 0 radical (unpaired) electrons. The predicted octanol–water partition coefficient (Wildman–Crippen LogP) is 0.519. The van der Waals surface area contributed by atoms with E-state index in [4.69, 9.17) is 0 Å². The van der Waals surface area contributed by atoms with Crippen molar-refractivity contribution in [1.29, 1.82) is 0 Å². The number of nitrogens with one attached hydrogen (secondary N) is 1.